The molecule has 0 fully saturated rings. The summed E-state index contributed by atoms with van der Waals surface area (Å²) in [6.45, 7) is 0. The minimum absolute atomic E-state index is 0.0722. The van der Waals surface area contributed by atoms with Crippen LogP contribution in [-0.4, -0.2) is 26.4 Å². The van der Waals surface area contributed by atoms with Gasteiger partial charge in [-0.25, -0.2) is 8.42 Å². The lowest BCUT2D eigenvalue weighted by molar-refractivity contribution is 0.102. The summed E-state index contributed by atoms with van der Waals surface area (Å²) >= 11 is 6.15. The van der Waals surface area contributed by atoms with Gasteiger partial charge in [-0.1, -0.05) is 54.1 Å². The third-order valence-electron chi connectivity index (χ3n) is 3.97. The van der Waals surface area contributed by atoms with Crippen molar-refractivity contribution in [1.82, 2.24) is 0 Å². The van der Waals surface area contributed by atoms with Gasteiger partial charge in [0.2, 0.25) is 10.0 Å². The fourth-order valence-electron chi connectivity index (χ4n) is 2.70. The SMILES string of the molecule is CS(=O)(=O)Nc1ccc(C(=O)Nc2ccccc2C(=O)c2ccccc2)c(Cl)c1. The smallest absolute Gasteiger partial charge is 0.257 e. The maximum Gasteiger partial charge on any atom is 0.257 e. The average molecular weight is 429 g/mol. The molecule has 2 N–H and O–H groups in total. The van der Waals surface area contributed by atoms with Crippen molar-refractivity contribution in [2.75, 3.05) is 16.3 Å². The number of amides is 1. The number of ketones is 1. The predicted molar refractivity (Wildman–Crippen MR) is 114 cm³/mol. The Morgan fingerprint density at radius 3 is 2.17 bits per heavy atom. The van der Waals surface area contributed by atoms with Gasteiger partial charge in [0.05, 0.1) is 22.5 Å². The molecule has 0 aliphatic heterocycles. The number of nitrogens with one attached hydrogen (secondary N) is 2. The van der Waals surface area contributed by atoms with Crippen molar-refractivity contribution < 1.29 is 18.0 Å². The molecule has 29 heavy (non-hydrogen) atoms. The molecule has 0 bridgehead atoms. The lowest BCUT2D eigenvalue weighted by Gasteiger charge is -2.12. The van der Waals surface area contributed by atoms with Crippen LogP contribution in [0.4, 0.5) is 11.4 Å². The van der Waals surface area contributed by atoms with Crippen LogP contribution in [0.2, 0.25) is 5.02 Å². The van der Waals surface area contributed by atoms with Crippen molar-refractivity contribution in [2.24, 2.45) is 0 Å². The monoisotopic (exact) mass is 428 g/mol. The van der Waals surface area contributed by atoms with Gasteiger partial charge in [-0.3, -0.25) is 14.3 Å². The molecule has 0 spiro atoms. The highest BCUT2D eigenvalue weighted by Crippen LogP contribution is 2.24. The second-order valence-electron chi connectivity index (χ2n) is 6.26. The summed E-state index contributed by atoms with van der Waals surface area (Å²) in [4.78, 5) is 25.5. The molecule has 6 nitrogen and oxygen atoms in total. The zero-order chi connectivity index (χ0) is 21.0. The Morgan fingerprint density at radius 2 is 1.52 bits per heavy atom. The Kier molecular flexibility index (Phi) is 6.00. The van der Waals surface area contributed by atoms with Crippen molar-refractivity contribution in [1.29, 1.82) is 0 Å². The normalized spacial score (nSPS) is 11.0. The van der Waals surface area contributed by atoms with E-state index in [1.807, 2.05) is 6.07 Å². The predicted octanol–water partition coefficient (Wildman–Crippen LogP) is 4.19. The molecule has 3 aromatic carbocycles. The van der Waals surface area contributed by atoms with Crippen molar-refractivity contribution in [3.63, 3.8) is 0 Å². The molecule has 0 saturated heterocycles. The number of hydrogen-bond donors (Lipinski definition) is 2. The highest BCUT2D eigenvalue weighted by Gasteiger charge is 2.17. The van der Waals surface area contributed by atoms with E-state index in [-0.39, 0.29) is 22.1 Å². The van der Waals surface area contributed by atoms with E-state index in [0.717, 1.165) is 6.26 Å². The second-order valence-corrected chi connectivity index (χ2v) is 8.42. The number of carbonyl (C=O) groups excluding carboxylic acids is 2. The topological polar surface area (TPSA) is 92.3 Å². The number of anilines is 2. The van der Waals surface area contributed by atoms with Crippen molar-refractivity contribution in [3.05, 3.63) is 94.5 Å². The number of sulfonamides is 1. The lowest BCUT2D eigenvalue weighted by Crippen LogP contribution is -2.16. The van der Waals surface area contributed by atoms with E-state index in [1.54, 1.807) is 48.5 Å². The summed E-state index contributed by atoms with van der Waals surface area (Å²) in [7, 11) is -3.46. The number of rotatable bonds is 6. The van der Waals surface area contributed by atoms with Gasteiger partial charge in [0, 0.05) is 16.8 Å². The molecule has 1 amide bonds. The van der Waals surface area contributed by atoms with Crippen LogP contribution < -0.4 is 10.0 Å². The van der Waals surface area contributed by atoms with Crippen LogP contribution in [-0.2, 0) is 10.0 Å². The Hall–Kier alpha value is -3.16. The van der Waals surface area contributed by atoms with E-state index < -0.39 is 15.9 Å². The van der Waals surface area contributed by atoms with Gasteiger partial charge in [0.15, 0.2) is 5.78 Å². The van der Waals surface area contributed by atoms with Crippen LogP contribution in [0.5, 0.6) is 0 Å². The standard InChI is InChI=1S/C21H17ClN2O4S/c1-29(27,28)24-15-11-12-16(18(22)13-15)21(26)23-19-10-6-5-9-17(19)20(25)14-7-3-2-4-8-14/h2-13,24H,1H3,(H,23,26). The molecule has 3 aromatic rings. The molecule has 0 radical (unpaired) electrons. The van der Waals surface area contributed by atoms with Gasteiger partial charge in [0.25, 0.3) is 5.91 Å². The third-order valence-corrected chi connectivity index (χ3v) is 4.89. The summed E-state index contributed by atoms with van der Waals surface area (Å²) in [5, 5.41) is 2.78. The zero-order valence-corrected chi connectivity index (χ0v) is 16.9. The van der Waals surface area contributed by atoms with Gasteiger partial charge in [-0.15, -0.1) is 0 Å². The van der Waals surface area contributed by atoms with Crippen LogP contribution in [0.15, 0.2) is 72.8 Å². The third kappa shape index (κ3) is 5.22. The van der Waals surface area contributed by atoms with Crippen LogP contribution in [0.3, 0.4) is 0 Å². The first-order chi connectivity index (χ1) is 13.7. The minimum atomic E-state index is -3.46. The quantitative estimate of drug-likeness (QED) is 0.575. The fraction of sp³-hybridized carbons (Fsp3) is 0.0476. The first-order valence-electron chi connectivity index (χ1n) is 8.52. The summed E-state index contributed by atoms with van der Waals surface area (Å²) < 4.78 is 24.9. The largest absolute Gasteiger partial charge is 0.321 e. The van der Waals surface area contributed by atoms with E-state index in [4.69, 9.17) is 11.6 Å². The van der Waals surface area contributed by atoms with Gasteiger partial charge < -0.3 is 5.32 Å². The Morgan fingerprint density at radius 1 is 0.862 bits per heavy atom. The maximum atomic E-state index is 12.8. The summed E-state index contributed by atoms with van der Waals surface area (Å²) in [6, 6.07) is 19.6. The van der Waals surface area contributed by atoms with Crippen molar-refractivity contribution >= 4 is 44.7 Å². The number of halogens is 1. The summed E-state index contributed by atoms with van der Waals surface area (Å²) in [6.07, 6.45) is 1.02. The molecule has 0 heterocycles. The van der Waals surface area contributed by atoms with E-state index in [9.17, 15) is 18.0 Å². The highest BCUT2D eigenvalue weighted by molar-refractivity contribution is 7.92. The first-order valence-corrected chi connectivity index (χ1v) is 10.8. The van der Waals surface area contributed by atoms with Gasteiger partial charge in [-0.2, -0.15) is 0 Å². The zero-order valence-electron chi connectivity index (χ0n) is 15.3. The number of carbonyl (C=O) groups is 2. The van der Waals surface area contributed by atoms with Crippen LogP contribution in [0, 0.1) is 0 Å². The molecule has 0 atom stereocenters. The lowest BCUT2D eigenvalue weighted by atomic mass is 10.0. The number of para-hydroxylation sites is 1. The van der Waals surface area contributed by atoms with E-state index in [0.29, 0.717) is 16.8 Å². The first kappa shape index (κ1) is 20.6. The molecule has 0 saturated carbocycles. The van der Waals surface area contributed by atoms with Crippen LogP contribution >= 0.6 is 11.6 Å². The molecular weight excluding hydrogens is 412 g/mol. The van der Waals surface area contributed by atoms with Crippen molar-refractivity contribution in [3.8, 4) is 0 Å². The molecule has 0 aliphatic carbocycles. The Bertz CT molecular complexity index is 1180. The van der Waals surface area contributed by atoms with Gasteiger partial charge >= 0.3 is 0 Å². The highest BCUT2D eigenvalue weighted by atomic mass is 35.5. The fourth-order valence-corrected chi connectivity index (χ4v) is 3.52. The second kappa shape index (κ2) is 8.46. The summed E-state index contributed by atoms with van der Waals surface area (Å²) in [5.41, 5.74) is 1.59. The molecule has 0 aliphatic rings. The van der Waals surface area contributed by atoms with E-state index in [1.165, 1.54) is 18.2 Å². The number of hydrogen-bond acceptors (Lipinski definition) is 4. The van der Waals surface area contributed by atoms with Gasteiger partial charge in [-0.05, 0) is 30.3 Å². The molecule has 148 valence electrons. The molecular formula is C21H17ClN2O4S. The Labute approximate surface area is 173 Å². The van der Waals surface area contributed by atoms with Crippen LogP contribution in [0.25, 0.3) is 0 Å². The van der Waals surface area contributed by atoms with E-state index in [2.05, 4.69) is 10.0 Å². The molecule has 3 rings (SSSR count). The molecule has 0 aromatic heterocycles. The van der Waals surface area contributed by atoms with Crippen molar-refractivity contribution in [2.45, 2.75) is 0 Å². The minimum Gasteiger partial charge on any atom is -0.321 e. The molecule has 0 unspecified atom stereocenters. The molecule has 8 heteroatoms. The maximum absolute atomic E-state index is 12.8. The number of benzene rings is 3. The van der Waals surface area contributed by atoms with Crippen LogP contribution in [0.1, 0.15) is 26.3 Å². The summed E-state index contributed by atoms with van der Waals surface area (Å²) in [5.74, 6) is -0.741. The Balaban J connectivity index is 1.86. The van der Waals surface area contributed by atoms with Gasteiger partial charge in [0.1, 0.15) is 0 Å². The average Bonchev–Trinajstić information content (AvgIpc) is 2.67. The van der Waals surface area contributed by atoms with E-state index >= 15 is 0 Å².